The Bertz CT molecular complexity index is 70.1. The molecule has 0 heterocycles. The van der Waals surface area contributed by atoms with Crippen molar-refractivity contribution >= 4 is 12.1 Å². The quantitative estimate of drug-likeness (QED) is 0.312. The number of carbonyl (C=O) groups excluding carboxylic acids is 2. The summed E-state index contributed by atoms with van der Waals surface area (Å²) in [5.74, 6) is -0.0787. The molecule has 0 bridgehead atoms. The van der Waals surface area contributed by atoms with Crippen molar-refractivity contribution in [2.75, 3.05) is 0 Å². The summed E-state index contributed by atoms with van der Waals surface area (Å²) in [6.07, 6.45) is 0.655. The minimum absolute atomic E-state index is 0. The Kier molecular flexibility index (Phi) is 8.35. The summed E-state index contributed by atoms with van der Waals surface area (Å²) < 4.78 is 0. The summed E-state index contributed by atoms with van der Waals surface area (Å²) in [4.78, 5) is 19.2. The van der Waals surface area contributed by atoms with E-state index in [-0.39, 0.29) is 29.3 Å². The largest absolute Gasteiger partial charge is 0.303 e. The van der Waals surface area contributed by atoms with Crippen LogP contribution in [-0.2, 0) is 26.7 Å². The number of rotatable bonds is 2. The molecule has 0 rings (SSSR count). The summed E-state index contributed by atoms with van der Waals surface area (Å²) in [5.41, 5.74) is 0. The van der Waals surface area contributed by atoms with Gasteiger partial charge >= 0.3 is 0 Å². The molecule has 0 aliphatic heterocycles. The minimum atomic E-state index is -0.0787. The van der Waals surface area contributed by atoms with Gasteiger partial charge in [0.15, 0.2) is 0 Å². The number of carbonyl (C=O) groups is 2. The van der Waals surface area contributed by atoms with Crippen LogP contribution in [0.15, 0.2) is 0 Å². The number of ketones is 1. The molecule has 0 radical (unpaired) electrons. The molecule has 0 aliphatic carbocycles. The Balaban J connectivity index is 0. The fraction of sp³-hybridized carbons (Fsp3) is 0.500. The van der Waals surface area contributed by atoms with Crippen LogP contribution in [0.25, 0.3) is 0 Å². The molecule has 0 atom stereocenters. The second kappa shape index (κ2) is 5.86. The summed E-state index contributed by atoms with van der Waals surface area (Å²) >= 11 is 0. The molecule has 7 heavy (non-hydrogen) atoms. The molecule has 0 saturated carbocycles. The average Bonchev–Trinajstić information content (AvgIpc) is 1.35. The van der Waals surface area contributed by atoms with E-state index >= 15 is 0 Å². The van der Waals surface area contributed by atoms with Crippen molar-refractivity contribution in [3.8, 4) is 0 Å². The third-order valence-electron chi connectivity index (χ3n) is 0.371. The van der Waals surface area contributed by atoms with E-state index in [9.17, 15) is 9.59 Å². The van der Waals surface area contributed by atoms with Gasteiger partial charge in [0.25, 0.3) is 0 Å². The molecule has 2 nitrogen and oxygen atoms in total. The van der Waals surface area contributed by atoms with Crippen molar-refractivity contribution in [2.24, 2.45) is 0 Å². The van der Waals surface area contributed by atoms with Gasteiger partial charge < -0.3 is 4.79 Å². The molecule has 0 N–H and O–H groups in total. The number of hydrogen-bond acceptors (Lipinski definition) is 2. The first kappa shape index (κ1) is 9.97. The Hall–Kier alpha value is -0.141. The molecular weight excluding hydrogens is 136 g/mol. The number of hydrogen-bond donors (Lipinski definition) is 0. The molecule has 0 unspecified atom stereocenters. The van der Waals surface area contributed by atoms with Gasteiger partial charge in [0, 0.05) is 17.1 Å². The van der Waals surface area contributed by atoms with Gasteiger partial charge in [-0.3, -0.25) is 4.79 Å². The van der Waals surface area contributed by atoms with Crippen LogP contribution >= 0.6 is 0 Å². The Morgan fingerprint density at radius 2 is 2.14 bits per heavy atom. The zero-order valence-corrected chi connectivity index (χ0v) is 5.06. The summed E-state index contributed by atoms with van der Waals surface area (Å²) in [6.45, 7) is 1.38. The fourth-order valence-corrected chi connectivity index (χ4v) is 0.117. The minimum Gasteiger partial charge on any atom is -0.303 e. The van der Waals surface area contributed by atoms with Crippen molar-refractivity contribution in [3.05, 3.63) is 0 Å². The third kappa shape index (κ3) is 10.7. The van der Waals surface area contributed by atoms with Gasteiger partial charge in [-0.1, -0.05) is 0 Å². The van der Waals surface area contributed by atoms with E-state index < -0.39 is 0 Å². The zero-order valence-electron chi connectivity index (χ0n) is 3.95. The van der Waals surface area contributed by atoms with Crippen LogP contribution in [0.2, 0.25) is 0 Å². The molecular formula is C4H6FeO2. The average molecular weight is 142 g/mol. The SMILES string of the molecule is CC(=O)CC=O.[Fe]. The van der Waals surface area contributed by atoms with Crippen LogP contribution < -0.4 is 0 Å². The number of Topliss-reactive ketones (excluding diaryl/α,β-unsaturated/α-hetero) is 1. The van der Waals surface area contributed by atoms with Crippen LogP contribution in [-0.4, -0.2) is 12.1 Å². The molecule has 0 aliphatic rings. The standard InChI is InChI=1S/C4H6O2.Fe/c1-4(6)2-3-5;/h3H,2H2,1H3;. The van der Waals surface area contributed by atoms with E-state index in [2.05, 4.69) is 0 Å². The predicted octanol–water partition coefficient (Wildman–Crippen LogP) is 0.162. The van der Waals surface area contributed by atoms with E-state index in [0.29, 0.717) is 6.29 Å². The molecule has 0 fully saturated rings. The summed E-state index contributed by atoms with van der Waals surface area (Å²) in [6, 6.07) is 0. The van der Waals surface area contributed by atoms with Crippen molar-refractivity contribution in [2.45, 2.75) is 13.3 Å². The van der Waals surface area contributed by atoms with E-state index in [4.69, 9.17) is 0 Å². The van der Waals surface area contributed by atoms with Crippen molar-refractivity contribution in [1.29, 1.82) is 0 Å². The third-order valence-corrected chi connectivity index (χ3v) is 0.371. The van der Waals surface area contributed by atoms with Crippen molar-refractivity contribution < 1.29 is 26.7 Å². The van der Waals surface area contributed by atoms with Gasteiger partial charge in [-0.15, -0.1) is 0 Å². The van der Waals surface area contributed by atoms with Crippen LogP contribution in [0.5, 0.6) is 0 Å². The van der Waals surface area contributed by atoms with E-state index in [1.165, 1.54) is 6.92 Å². The monoisotopic (exact) mass is 142 g/mol. The normalized spacial score (nSPS) is 6.43. The van der Waals surface area contributed by atoms with Crippen molar-refractivity contribution in [3.63, 3.8) is 0 Å². The predicted molar refractivity (Wildman–Crippen MR) is 21.4 cm³/mol. The van der Waals surface area contributed by atoms with Crippen LogP contribution in [0, 0.1) is 0 Å². The van der Waals surface area contributed by atoms with E-state index in [0.717, 1.165) is 0 Å². The molecule has 0 saturated heterocycles. The molecule has 42 valence electrons. The van der Waals surface area contributed by atoms with Crippen LogP contribution in [0.3, 0.4) is 0 Å². The smallest absolute Gasteiger partial charge is 0.136 e. The second-order valence-electron chi connectivity index (χ2n) is 1.07. The van der Waals surface area contributed by atoms with Gasteiger partial charge in [-0.25, -0.2) is 0 Å². The molecule has 0 aromatic carbocycles. The first-order chi connectivity index (χ1) is 2.77. The fourth-order valence-electron chi connectivity index (χ4n) is 0.117. The maximum absolute atomic E-state index is 9.81. The first-order valence-corrected chi connectivity index (χ1v) is 1.70. The maximum Gasteiger partial charge on any atom is 0.136 e. The zero-order chi connectivity index (χ0) is 4.99. The van der Waals surface area contributed by atoms with Gasteiger partial charge in [0.05, 0.1) is 6.42 Å². The molecule has 0 aromatic heterocycles. The van der Waals surface area contributed by atoms with Gasteiger partial charge in [0.1, 0.15) is 12.1 Å². The van der Waals surface area contributed by atoms with Gasteiger partial charge in [0.2, 0.25) is 0 Å². The molecule has 0 amide bonds. The molecule has 3 heteroatoms. The van der Waals surface area contributed by atoms with Crippen LogP contribution in [0.1, 0.15) is 13.3 Å². The summed E-state index contributed by atoms with van der Waals surface area (Å²) in [7, 11) is 0. The number of aldehydes is 1. The Labute approximate surface area is 52.8 Å². The Morgan fingerprint density at radius 3 is 2.14 bits per heavy atom. The molecule has 0 aromatic rings. The van der Waals surface area contributed by atoms with E-state index in [1.807, 2.05) is 0 Å². The first-order valence-electron chi connectivity index (χ1n) is 1.70. The summed E-state index contributed by atoms with van der Waals surface area (Å²) in [5, 5.41) is 0. The second-order valence-corrected chi connectivity index (χ2v) is 1.07. The molecule has 0 spiro atoms. The van der Waals surface area contributed by atoms with E-state index in [1.54, 1.807) is 0 Å². The topological polar surface area (TPSA) is 34.1 Å². The van der Waals surface area contributed by atoms with Gasteiger partial charge in [-0.2, -0.15) is 0 Å². The van der Waals surface area contributed by atoms with Gasteiger partial charge in [-0.05, 0) is 6.92 Å². The maximum atomic E-state index is 9.81. The Morgan fingerprint density at radius 1 is 1.71 bits per heavy atom. The van der Waals surface area contributed by atoms with Crippen LogP contribution in [0.4, 0.5) is 0 Å². The van der Waals surface area contributed by atoms with Crippen molar-refractivity contribution in [1.82, 2.24) is 0 Å².